The molecule has 4 fully saturated rings. The molecule has 0 aliphatic heterocycles. The van der Waals surface area contributed by atoms with Crippen LogP contribution in [0.4, 0.5) is 4.39 Å². The third-order valence-corrected chi connectivity index (χ3v) is 7.43. The van der Waals surface area contributed by atoms with E-state index in [1.807, 2.05) is 14.0 Å². The number of carbonyl (C=O) groups excluding carboxylic acids is 1. The van der Waals surface area contributed by atoms with Crippen LogP contribution in [0.2, 0.25) is 5.02 Å². The van der Waals surface area contributed by atoms with Gasteiger partial charge in [-0.05, 0) is 75.3 Å². The normalized spacial score (nSPS) is 34.5. The Morgan fingerprint density at radius 3 is 2.38 bits per heavy atom. The first-order chi connectivity index (χ1) is 12.3. The van der Waals surface area contributed by atoms with Gasteiger partial charge in [0.25, 0.3) is 5.91 Å². The maximum absolute atomic E-state index is 14.1. The van der Waals surface area contributed by atoms with Crippen molar-refractivity contribution >= 4 is 17.5 Å². The summed E-state index contributed by atoms with van der Waals surface area (Å²) in [6, 6.07) is 4.50. The third-order valence-electron chi connectivity index (χ3n) is 7.08. The molecule has 1 aromatic rings. The molecule has 4 saturated carbocycles. The van der Waals surface area contributed by atoms with E-state index >= 15 is 0 Å². The van der Waals surface area contributed by atoms with Crippen LogP contribution in [0.15, 0.2) is 18.2 Å². The van der Waals surface area contributed by atoms with Crippen molar-refractivity contribution in [3.63, 3.8) is 0 Å². The predicted octanol–water partition coefficient (Wildman–Crippen LogP) is 2.97. The maximum atomic E-state index is 14.1. The Kier molecular flexibility index (Phi) is 4.77. The summed E-state index contributed by atoms with van der Waals surface area (Å²) in [6.45, 7) is 2.33. The second kappa shape index (κ2) is 6.79. The molecule has 0 heterocycles. The highest BCUT2D eigenvalue weighted by atomic mass is 35.5. The lowest BCUT2D eigenvalue weighted by atomic mass is 9.53. The van der Waals surface area contributed by atoms with Crippen LogP contribution in [0.3, 0.4) is 0 Å². The summed E-state index contributed by atoms with van der Waals surface area (Å²) in [5.74, 6) is 2.21. The molecule has 3 nitrogen and oxygen atoms in total. The fourth-order valence-corrected chi connectivity index (χ4v) is 6.22. The molecular weight excluding hydrogens is 351 g/mol. The molecule has 5 heteroatoms. The van der Waals surface area contributed by atoms with E-state index in [4.69, 9.17) is 11.6 Å². The van der Waals surface area contributed by atoms with Crippen molar-refractivity contribution in [3.8, 4) is 0 Å². The molecule has 1 unspecified atom stereocenters. The Morgan fingerprint density at radius 1 is 1.27 bits per heavy atom. The van der Waals surface area contributed by atoms with Crippen LogP contribution in [0.5, 0.6) is 0 Å². The molecule has 4 aliphatic rings. The highest BCUT2D eigenvalue weighted by Crippen LogP contribution is 2.55. The van der Waals surface area contributed by atoms with Crippen LogP contribution in [0.1, 0.15) is 51.0 Å². The van der Waals surface area contributed by atoms with Crippen LogP contribution in [0.25, 0.3) is 0 Å². The van der Waals surface area contributed by atoms with Gasteiger partial charge in [0.2, 0.25) is 0 Å². The highest BCUT2D eigenvalue weighted by Gasteiger charge is 2.52. The SMILES string of the molecule is C[C@H](C(=O)NC12CC3CC(CC(C3)C1)C2)[NH+](C)Cc1c(F)cccc1Cl. The van der Waals surface area contributed by atoms with Crippen molar-refractivity contribution in [1.29, 1.82) is 0 Å². The van der Waals surface area contributed by atoms with E-state index in [-0.39, 0.29) is 23.3 Å². The van der Waals surface area contributed by atoms with Gasteiger partial charge in [-0.15, -0.1) is 0 Å². The number of halogens is 2. The van der Waals surface area contributed by atoms with Crippen molar-refractivity contribution < 1.29 is 14.1 Å². The number of quaternary nitrogens is 1. The Morgan fingerprint density at radius 2 is 1.85 bits per heavy atom. The van der Waals surface area contributed by atoms with Gasteiger partial charge in [0, 0.05) is 5.54 Å². The van der Waals surface area contributed by atoms with Crippen molar-refractivity contribution in [2.75, 3.05) is 7.05 Å². The smallest absolute Gasteiger partial charge is 0.278 e. The molecule has 0 saturated heterocycles. The van der Waals surface area contributed by atoms with Crippen LogP contribution in [0, 0.1) is 23.6 Å². The molecule has 4 aliphatic carbocycles. The first-order valence-corrected chi connectivity index (χ1v) is 10.3. The van der Waals surface area contributed by atoms with E-state index in [9.17, 15) is 9.18 Å². The maximum Gasteiger partial charge on any atom is 0.278 e. The first kappa shape index (κ1) is 18.2. The quantitative estimate of drug-likeness (QED) is 0.810. The van der Waals surface area contributed by atoms with Crippen molar-refractivity contribution in [2.24, 2.45) is 17.8 Å². The molecule has 1 aromatic carbocycles. The lowest BCUT2D eigenvalue weighted by Crippen LogP contribution is -3.13. The molecule has 0 aromatic heterocycles. The van der Waals surface area contributed by atoms with Gasteiger partial charge in [0.05, 0.1) is 17.6 Å². The summed E-state index contributed by atoms with van der Waals surface area (Å²) in [6.07, 6.45) is 7.53. The zero-order chi connectivity index (χ0) is 18.5. The van der Waals surface area contributed by atoms with E-state index < -0.39 is 0 Å². The number of likely N-dealkylation sites (N-methyl/N-ethyl adjacent to an activating group) is 1. The molecule has 0 spiro atoms. The Hall–Kier alpha value is -1.13. The van der Waals surface area contributed by atoms with E-state index in [2.05, 4.69) is 5.32 Å². The Labute approximate surface area is 160 Å². The van der Waals surface area contributed by atoms with Gasteiger partial charge in [-0.2, -0.15) is 0 Å². The van der Waals surface area contributed by atoms with Gasteiger partial charge < -0.3 is 10.2 Å². The summed E-state index contributed by atoms with van der Waals surface area (Å²) >= 11 is 6.15. The minimum absolute atomic E-state index is 0.0238. The number of hydrogen-bond acceptors (Lipinski definition) is 1. The molecule has 4 bridgehead atoms. The summed E-state index contributed by atoms with van der Waals surface area (Å²) in [4.78, 5) is 13.9. The van der Waals surface area contributed by atoms with Crippen LogP contribution in [-0.2, 0) is 11.3 Å². The van der Waals surface area contributed by atoms with E-state index in [0.717, 1.165) is 41.9 Å². The highest BCUT2D eigenvalue weighted by molar-refractivity contribution is 6.31. The largest absolute Gasteiger partial charge is 0.345 e. The van der Waals surface area contributed by atoms with Gasteiger partial charge in [-0.1, -0.05) is 17.7 Å². The average molecular weight is 380 g/mol. The van der Waals surface area contributed by atoms with Gasteiger partial charge >= 0.3 is 0 Å². The Balaban J connectivity index is 1.41. The van der Waals surface area contributed by atoms with E-state index in [1.54, 1.807) is 12.1 Å². The lowest BCUT2D eigenvalue weighted by molar-refractivity contribution is -0.908. The summed E-state index contributed by atoms with van der Waals surface area (Å²) in [5.41, 5.74) is 0.511. The standard InChI is InChI=1S/C21H28ClFN2O/c1-13(25(2)12-17-18(22)4-3-5-19(17)23)20(26)24-21-9-14-6-15(10-21)8-16(7-14)11-21/h3-5,13-16H,6-12H2,1-2H3,(H,24,26)/p+1/t13-,14?,15?,16?,21?/m1/s1. The fraction of sp³-hybridized carbons (Fsp3) is 0.667. The lowest BCUT2D eigenvalue weighted by Gasteiger charge is -2.57. The number of amides is 1. The zero-order valence-corrected chi connectivity index (χ0v) is 16.4. The summed E-state index contributed by atoms with van der Waals surface area (Å²) < 4.78 is 14.1. The van der Waals surface area contributed by atoms with Crippen LogP contribution in [-0.4, -0.2) is 24.5 Å². The minimum Gasteiger partial charge on any atom is -0.345 e. The van der Waals surface area contributed by atoms with Crippen molar-refractivity contribution in [1.82, 2.24) is 5.32 Å². The molecule has 5 rings (SSSR count). The van der Waals surface area contributed by atoms with Gasteiger partial charge in [-0.25, -0.2) is 4.39 Å². The first-order valence-electron chi connectivity index (χ1n) is 9.92. The van der Waals surface area contributed by atoms with E-state index in [0.29, 0.717) is 17.1 Å². The number of carbonyl (C=O) groups is 1. The number of benzene rings is 1. The molecule has 0 radical (unpaired) electrons. The molecule has 26 heavy (non-hydrogen) atoms. The fourth-order valence-electron chi connectivity index (χ4n) is 5.99. The Bertz CT molecular complexity index is 652. The minimum atomic E-state index is -0.300. The molecule has 1 amide bonds. The van der Waals surface area contributed by atoms with E-state index in [1.165, 1.54) is 25.3 Å². The van der Waals surface area contributed by atoms with Crippen molar-refractivity contribution in [3.05, 3.63) is 34.6 Å². The zero-order valence-electron chi connectivity index (χ0n) is 15.7. The third kappa shape index (κ3) is 3.38. The second-order valence-corrected chi connectivity index (χ2v) is 9.54. The summed E-state index contributed by atoms with van der Waals surface area (Å²) in [7, 11) is 1.94. The average Bonchev–Trinajstić information content (AvgIpc) is 2.55. The molecule has 2 atom stereocenters. The summed E-state index contributed by atoms with van der Waals surface area (Å²) in [5, 5.41) is 3.86. The van der Waals surface area contributed by atoms with Crippen LogP contribution >= 0.6 is 11.6 Å². The molecule has 142 valence electrons. The van der Waals surface area contributed by atoms with Gasteiger partial charge in [0.15, 0.2) is 6.04 Å². The monoisotopic (exact) mass is 379 g/mol. The molecular formula is C21H29ClFN2O+. The topological polar surface area (TPSA) is 33.5 Å². The number of hydrogen-bond donors (Lipinski definition) is 2. The van der Waals surface area contributed by atoms with Crippen molar-refractivity contribution in [2.45, 2.75) is 63.6 Å². The second-order valence-electron chi connectivity index (χ2n) is 9.13. The number of rotatable bonds is 5. The molecule has 2 N–H and O–H groups in total. The van der Waals surface area contributed by atoms with Gasteiger partial charge in [-0.3, -0.25) is 4.79 Å². The van der Waals surface area contributed by atoms with Gasteiger partial charge in [0.1, 0.15) is 12.4 Å². The van der Waals surface area contributed by atoms with Crippen LogP contribution < -0.4 is 10.2 Å². The predicted molar refractivity (Wildman–Crippen MR) is 101 cm³/mol. The number of nitrogens with one attached hydrogen (secondary N) is 2.